The van der Waals surface area contributed by atoms with E-state index in [1.165, 1.54) is 0 Å². The van der Waals surface area contributed by atoms with Crippen molar-refractivity contribution in [3.05, 3.63) is 59.7 Å². The third kappa shape index (κ3) is 6.21. The minimum absolute atomic E-state index is 0.0529. The van der Waals surface area contributed by atoms with Gasteiger partial charge in [0.2, 0.25) is 0 Å². The van der Waals surface area contributed by atoms with E-state index in [0.29, 0.717) is 38.5 Å². The number of hydrogen-bond donors (Lipinski definition) is 2. The number of benzene rings is 2. The third-order valence-corrected chi connectivity index (χ3v) is 7.59. The van der Waals surface area contributed by atoms with Gasteiger partial charge < -0.3 is 25.4 Å². The molecular formula is C28H34N7O3S+. The molecule has 1 fully saturated rings. The van der Waals surface area contributed by atoms with Crippen molar-refractivity contribution in [3.8, 4) is 39.0 Å². The summed E-state index contributed by atoms with van der Waals surface area (Å²) in [6.45, 7) is 2.92. The molecule has 5 rings (SSSR count). The Hall–Kier alpha value is -3.96. The molecule has 0 unspecified atom stereocenters. The molecule has 0 spiro atoms. The van der Waals surface area contributed by atoms with Crippen molar-refractivity contribution in [2.24, 2.45) is 12.8 Å². The molecule has 2 aromatic carbocycles. The molecule has 1 aliphatic rings. The number of amides is 2. The molecule has 1 saturated heterocycles. The van der Waals surface area contributed by atoms with Crippen LogP contribution in [0.25, 0.3) is 27.5 Å². The van der Waals surface area contributed by atoms with Crippen LogP contribution in [0.1, 0.15) is 18.5 Å². The van der Waals surface area contributed by atoms with Crippen LogP contribution in [0.3, 0.4) is 0 Å². The molecule has 0 atom stereocenters. The fourth-order valence-electron chi connectivity index (χ4n) is 4.49. The highest BCUT2D eigenvalue weighted by molar-refractivity contribution is 7.13. The molecular weight excluding hydrogens is 514 g/mol. The maximum Gasteiger partial charge on any atom is 0.317 e. The highest BCUT2D eigenvalue weighted by Crippen LogP contribution is 2.36. The summed E-state index contributed by atoms with van der Waals surface area (Å²) < 4.78 is 15.3. The summed E-state index contributed by atoms with van der Waals surface area (Å²) in [6.07, 6.45) is 4.97. The Kier molecular flexibility index (Phi) is 8.38. The van der Waals surface area contributed by atoms with Crippen molar-refractivity contribution < 1.29 is 19.0 Å². The SMILES string of the molecule is COc1ccc(-c2csc(-c3ccc(-[n+]4cc(CCCCN)n(C)n4)cc3OCCN3CCNC3=O)n2)cc1. The number of methoxy groups -OCH3 is 1. The van der Waals surface area contributed by atoms with E-state index in [9.17, 15) is 4.79 Å². The molecule has 0 bridgehead atoms. The lowest BCUT2D eigenvalue weighted by molar-refractivity contribution is -0.661. The molecule has 2 amide bonds. The number of aryl methyl sites for hydroxylation is 2. The lowest BCUT2D eigenvalue weighted by atomic mass is 10.1. The van der Waals surface area contributed by atoms with Gasteiger partial charge in [-0.25, -0.2) is 9.78 Å². The minimum atomic E-state index is -0.0529. The van der Waals surface area contributed by atoms with E-state index in [1.54, 1.807) is 23.3 Å². The van der Waals surface area contributed by atoms with Crippen LogP contribution in [-0.2, 0) is 13.5 Å². The first kappa shape index (κ1) is 26.6. The van der Waals surface area contributed by atoms with Gasteiger partial charge in [0.1, 0.15) is 30.2 Å². The van der Waals surface area contributed by atoms with Gasteiger partial charge in [-0.05, 0) is 55.8 Å². The normalized spacial score (nSPS) is 13.1. The zero-order valence-electron chi connectivity index (χ0n) is 22.3. The van der Waals surface area contributed by atoms with Gasteiger partial charge in [0.05, 0.1) is 30.1 Å². The van der Waals surface area contributed by atoms with Gasteiger partial charge in [-0.2, -0.15) is 0 Å². The van der Waals surface area contributed by atoms with Crippen molar-refractivity contribution in [1.82, 2.24) is 25.1 Å². The lowest BCUT2D eigenvalue weighted by Gasteiger charge is -2.16. The molecule has 3 N–H and O–H groups in total. The maximum atomic E-state index is 12.0. The highest BCUT2D eigenvalue weighted by atomic mass is 32.1. The van der Waals surface area contributed by atoms with Crippen LogP contribution in [-0.4, -0.2) is 65.7 Å². The number of hydrogen-bond acceptors (Lipinski definition) is 7. The van der Waals surface area contributed by atoms with Gasteiger partial charge in [0, 0.05) is 36.5 Å². The summed E-state index contributed by atoms with van der Waals surface area (Å²) >= 11 is 1.57. The first-order chi connectivity index (χ1) is 19.1. The number of nitrogens with one attached hydrogen (secondary N) is 1. The topological polar surface area (TPSA) is 111 Å². The van der Waals surface area contributed by atoms with Gasteiger partial charge in [0.15, 0.2) is 17.6 Å². The lowest BCUT2D eigenvalue weighted by Crippen LogP contribution is -2.33. The fraction of sp³-hybridized carbons (Fsp3) is 0.357. The zero-order valence-corrected chi connectivity index (χ0v) is 23.1. The molecule has 11 heteroatoms. The van der Waals surface area contributed by atoms with Crippen LogP contribution in [0.4, 0.5) is 4.79 Å². The number of urea groups is 1. The van der Waals surface area contributed by atoms with Crippen molar-refractivity contribution in [2.75, 3.05) is 39.9 Å². The summed E-state index contributed by atoms with van der Waals surface area (Å²) in [5.41, 5.74) is 10.5. The minimum Gasteiger partial charge on any atom is -0.497 e. The summed E-state index contributed by atoms with van der Waals surface area (Å²) in [7, 11) is 3.61. The Balaban J connectivity index is 1.42. The van der Waals surface area contributed by atoms with Crippen molar-refractivity contribution >= 4 is 17.4 Å². The molecule has 2 aromatic heterocycles. The van der Waals surface area contributed by atoms with E-state index in [2.05, 4.69) is 16.7 Å². The second kappa shape index (κ2) is 12.3. The zero-order chi connectivity index (χ0) is 27.2. The average Bonchev–Trinajstić information content (AvgIpc) is 3.70. The van der Waals surface area contributed by atoms with Crippen LogP contribution in [0.2, 0.25) is 0 Å². The van der Waals surface area contributed by atoms with E-state index in [1.807, 2.05) is 64.3 Å². The molecule has 0 saturated carbocycles. The largest absolute Gasteiger partial charge is 0.497 e. The Morgan fingerprint density at radius 3 is 2.77 bits per heavy atom. The molecule has 0 radical (unpaired) electrons. The highest BCUT2D eigenvalue weighted by Gasteiger charge is 2.21. The smallest absolute Gasteiger partial charge is 0.317 e. The number of rotatable bonds is 12. The van der Waals surface area contributed by atoms with Crippen molar-refractivity contribution in [2.45, 2.75) is 19.3 Å². The third-order valence-electron chi connectivity index (χ3n) is 6.72. The fourth-order valence-corrected chi connectivity index (χ4v) is 5.35. The Morgan fingerprint density at radius 1 is 1.18 bits per heavy atom. The number of aromatic nitrogens is 4. The number of carbonyl (C=O) groups is 1. The number of thiazole rings is 1. The molecule has 204 valence electrons. The first-order valence-corrected chi connectivity index (χ1v) is 14.0. The maximum absolute atomic E-state index is 12.0. The predicted molar refractivity (Wildman–Crippen MR) is 150 cm³/mol. The van der Waals surface area contributed by atoms with Crippen molar-refractivity contribution in [3.63, 3.8) is 0 Å². The van der Waals surface area contributed by atoms with E-state index in [0.717, 1.165) is 58.2 Å². The van der Waals surface area contributed by atoms with Crippen LogP contribution < -0.4 is 25.2 Å². The van der Waals surface area contributed by atoms with Crippen LogP contribution in [0, 0.1) is 0 Å². The van der Waals surface area contributed by atoms with E-state index >= 15 is 0 Å². The van der Waals surface area contributed by atoms with E-state index in [-0.39, 0.29) is 6.03 Å². The van der Waals surface area contributed by atoms with Crippen LogP contribution in [0.5, 0.6) is 11.5 Å². The average molecular weight is 549 g/mol. The number of ether oxygens (including phenoxy) is 2. The quantitative estimate of drug-likeness (QED) is 0.208. The second-order valence-corrected chi connectivity index (χ2v) is 10.2. The van der Waals surface area contributed by atoms with Gasteiger partial charge in [-0.1, -0.05) is 0 Å². The summed E-state index contributed by atoms with van der Waals surface area (Å²) in [4.78, 5) is 18.6. The van der Waals surface area contributed by atoms with Gasteiger partial charge in [-0.3, -0.25) is 0 Å². The Morgan fingerprint density at radius 2 is 2.03 bits per heavy atom. The molecule has 10 nitrogen and oxygen atoms in total. The monoisotopic (exact) mass is 548 g/mol. The first-order valence-electron chi connectivity index (χ1n) is 13.1. The van der Waals surface area contributed by atoms with Crippen LogP contribution >= 0.6 is 11.3 Å². The molecule has 39 heavy (non-hydrogen) atoms. The van der Waals surface area contributed by atoms with Crippen molar-refractivity contribution in [1.29, 1.82) is 0 Å². The predicted octanol–water partition coefficient (Wildman–Crippen LogP) is 3.18. The molecule has 3 heterocycles. The van der Waals surface area contributed by atoms with E-state index in [4.69, 9.17) is 20.2 Å². The summed E-state index contributed by atoms with van der Waals surface area (Å²) in [6, 6.07) is 13.9. The Bertz CT molecular complexity index is 1420. The number of unbranched alkanes of at least 4 members (excludes halogenated alkanes) is 1. The number of nitrogens with two attached hydrogens (primary N) is 1. The summed E-state index contributed by atoms with van der Waals surface area (Å²) in [5, 5.41) is 10.4. The van der Waals surface area contributed by atoms with Crippen LogP contribution in [0.15, 0.2) is 54.0 Å². The van der Waals surface area contributed by atoms with E-state index < -0.39 is 0 Å². The van der Waals surface area contributed by atoms with Gasteiger partial charge in [0.25, 0.3) is 0 Å². The van der Waals surface area contributed by atoms with Gasteiger partial charge >= 0.3 is 6.03 Å². The summed E-state index contributed by atoms with van der Waals surface area (Å²) in [5.74, 6) is 1.51. The molecule has 1 aliphatic heterocycles. The standard InChI is InChI=1S/C28H33N7O3S/c1-33-22(5-3-4-12-29)18-35(32-33)21-8-11-24(26(17-21)38-16-15-34-14-13-30-28(34)36)27-31-25(19-39-27)20-6-9-23(37-2)10-7-20/h6-11,17-19H,3-5,12-16,29H2,1-2H3/p+1. The second-order valence-electron chi connectivity index (χ2n) is 9.34. The number of nitrogens with zero attached hydrogens (tertiary/aromatic N) is 5. The molecule has 4 aromatic rings. The Labute approximate surface area is 232 Å². The molecule has 0 aliphatic carbocycles. The van der Waals surface area contributed by atoms with Gasteiger partial charge in [-0.15, -0.1) is 20.7 Å². The number of carbonyl (C=O) groups excluding carboxylic acids is 1.